The van der Waals surface area contributed by atoms with Gasteiger partial charge in [0.25, 0.3) is 0 Å². The summed E-state index contributed by atoms with van der Waals surface area (Å²) in [5.41, 5.74) is 12.5. The molecule has 0 amide bonds. The number of benzene rings is 3. The maximum atomic E-state index is 4.08. The standard InChI is InChI=1S/C33H39Si.3ClH.Ti/c1-21-16-31(17-22(2)26(21)6)34(30-14-12-11-13-15-30,32-18-23(3)27(7)24(4)19-32)33(10)20-25(5)28(8)29(33)9;;;;/h11-19H,1-10H3;3*1H;/q-1;;;;+4/p-3. The summed E-state index contributed by atoms with van der Waals surface area (Å²) in [6.07, 6.45) is 4.08. The molecule has 0 fully saturated rings. The van der Waals surface area contributed by atoms with E-state index in [1.54, 1.807) is 0 Å². The Bertz CT molecular complexity index is 1250. The fraction of sp³-hybridized carbons (Fsp3) is 0.333. The molecular weight excluding hydrogens is 579 g/mol. The molecule has 0 N–H and O–H groups in total. The van der Waals surface area contributed by atoms with E-state index >= 15 is 0 Å². The third-order valence-electron chi connectivity index (χ3n) is 8.99. The molecule has 1 atom stereocenters. The molecule has 3 aromatic rings. The van der Waals surface area contributed by atoms with Gasteiger partial charge >= 0.3 is 21.7 Å². The topological polar surface area (TPSA) is 0 Å². The van der Waals surface area contributed by atoms with E-state index in [1.165, 1.54) is 65.7 Å². The van der Waals surface area contributed by atoms with Crippen LogP contribution in [0.3, 0.4) is 0 Å². The van der Waals surface area contributed by atoms with Crippen molar-refractivity contribution >= 4 is 23.6 Å². The number of hydrogen-bond acceptors (Lipinski definition) is 0. The van der Waals surface area contributed by atoms with E-state index in [0.29, 0.717) is 0 Å². The quantitative estimate of drug-likeness (QED) is 0.179. The smallest absolute Gasteiger partial charge is 1.00 e. The normalized spacial score (nSPS) is 16.5. The predicted octanol–water partition coefficient (Wildman–Crippen LogP) is -2.12. The number of hydrogen-bond donors (Lipinski definition) is 0. The van der Waals surface area contributed by atoms with Crippen LogP contribution in [0.15, 0.2) is 71.3 Å². The SMILES string of the molecule is CC1=[C-]C(C)([Si](c2ccccc2)(c2cc(C)c(C)c(C)c2)c2cc(C)c(C)c(C)c2)C(C)=C1C.[Cl-].[Cl-].[Cl-].[Ti+4]. The molecule has 0 radical (unpaired) electrons. The zero-order valence-electron chi connectivity index (χ0n) is 24.3. The first-order valence-electron chi connectivity index (χ1n) is 12.5. The Morgan fingerprint density at radius 2 is 0.947 bits per heavy atom. The van der Waals surface area contributed by atoms with Gasteiger partial charge in [-0.25, -0.2) is 5.57 Å². The largest absolute Gasteiger partial charge is 4.00 e. The fourth-order valence-electron chi connectivity index (χ4n) is 6.15. The molecule has 0 bridgehead atoms. The molecule has 1 aliphatic carbocycles. The molecule has 1 unspecified atom stereocenters. The van der Waals surface area contributed by atoms with Crippen LogP contribution >= 0.6 is 0 Å². The van der Waals surface area contributed by atoms with E-state index in [1.807, 2.05) is 0 Å². The molecular formula is C33H39Cl3SiTi. The van der Waals surface area contributed by atoms with Gasteiger partial charge < -0.3 is 37.2 Å². The first kappa shape index (κ1) is 36.9. The van der Waals surface area contributed by atoms with E-state index in [0.717, 1.165) is 0 Å². The molecule has 0 saturated carbocycles. The van der Waals surface area contributed by atoms with Crippen LogP contribution in [0.2, 0.25) is 5.04 Å². The summed E-state index contributed by atoms with van der Waals surface area (Å²) in [6.45, 7) is 23.0. The number of aryl methyl sites for hydroxylation is 4. The fourth-order valence-corrected chi connectivity index (χ4v) is 12.4. The van der Waals surface area contributed by atoms with Crippen molar-refractivity contribution in [2.75, 3.05) is 0 Å². The average molecular weight is 618 g/mol. The molecule has 38 heavy (non-hydrogen) atoms. The second-order valence-electron chi connectivity index (χ2n) is 10.7. The zero-order valence-corrected chi connectivity index (χ0v) is 29.2. The molecule has 0 spiro atoms. The van der Waals surface area contributed by atoms with Crippen molar-refractivity contribution in [2.24, 2.45) is 0 Å². The van der Waals surface area contributed by atoms with Gasteiger partial charge in [0.2, 0.25) is 0 Å². The Morgan fingerprint density at radius 3 is 1.26 bits per heavy atom. The number of rotatable bonds is 4. The Morgan fingerprint density at radius 1 is 0.579 bits per heavy atom. The van der Waals surface area contributed by atoms with Gasteiger partial charge in [0.15, 0.2) is 0 Å². The van der Waals surface area contributed by atoms with Gasteiger partial charge in [0.05, 0.1) is 0 Å². The van der Waals surface area contributed by atoms with Gasteiger partial charge in [0.1, 0.15) is 8.07 Å². The molecule has 200 valence electrons. The Labute approximate surface area is 265 Å². The predicted molar refractivity (Wildman–Crippen MR) is 152 cm³/mol. The second kappa shape index (κ2) is 13.5. The van der Waals surface area contributed by atoms with E-state index in [-0.39, 0.29) is 64.0 Å². The van der Waals surface area contributed by atoms with Gasteiger partial charge in [-0.15, -0.1) is 6.92 Å². The summed E-state index contributed by atoms with van der Waals surface area (Å²) >= 11 is 0. The summed E-state index contributed by atoms with van der Waals surface area (Å²) in [5.74, 6) is 0. The van der Waals surface area contributed by atoms with Crippen LogP contribution in [-0.4, -0.2) is 8.07 Å². The number of halogens is 3. The minimum Gasteiger partial charge on any atom is -1.00 e. The van der Waals surface area contributed by atoms with Gasteiger partial charge in [-0.2, -0.15) is 11.1 Å². The molecule has 1 aliphatic rings. The first-order chi connectivity index (χ1) is 15.9. The number of allylic oxidation sites excluding steroid dienone is 4. The zero-order chi connectivity index (χ0) is 25.0. The summed E-state index contributed by atoms with van der Waals surface area (Å²) in [4.78, 5) is 0. The summed E-state index contributed by atoms with van der Waals surface area (Å²) in [5, 5.41) is 4.24. The Kier molecular flexibility index (Phi) is 13.2. The Hall–Kier alpha value is -1.06. The molecule has 4 rings (SSSR count). The van der Waals surface area contributed by atoms with E-state index in [4.69, 9.17) is 0 Å². The minimum atomic E-state index is -2.62. The first-order valence-corrected chi connectivity index (χ1v) is 14.5. The molecule has 0 aromatic heterocycles. The van der Waals surface area contributed by atoms with Gasteiger partial charge in [-0.3, -0.25) is 6.08 Å². The van der Waals surface area contributed by atoms with Crippen molar-refractivity contribution < 1.29 is 58.9 Å². The third kappa shape index (κ3) is 5.58. The molecule has 3 aromatic carbocycles. The van der Waals surface area contributed by atoms with Crippen LogP contribution in [-0.2, 0) is 21.7 Å². The van der Waals surface area contributed by atoms with E-state index < -0.39 is 8.07 Å². The monoisotopic (exact) mass is 616 g/mol. The van der Waals surface area contributed by atoms with Crippen LogP contribution in [0.25, 0.3) is 0 Å². The van der Waals surface area contributed by atoms with Crippen LogP contribution < -0.4 is 52.8 Å². The van der Waals surface area contributed by atoms with Gasteiger partial charge in [0, 0.05) is 0 Å². The van der Waals surface area contributed by atoms with E-state index in [2.05, 4.69) is 130 Å². The molecule has 0 aliphatic heterocycles. The maximum absolute atomic E-state index is 4.08. The Balaban J connectivity index is 0.00000342. The van der Waals surface area contributed by atoms with Gasteiger partial charge in [-0.05, 0) is 90.5 Å². The van der Waals surface area contributed by atoms with Crippen molar-refractivity contribution in [1.29, 1.82) is 0 Å². The van der Waals surface area contributed by atoms with Crippen molar-refractivity contribution in [3.8, 4) is 0 Å². The third-order valence-corrected chi connectivity index (χ3v) is 14.5. The summed E-state index contributed by atoms with van der Waals surface area (Å²) in [6, 6.07) is 21.3. The van der Waals surface area contributed by atoms with Crippen LogP contribution in [0.1, 0.15) is 61.1 Å². The maximum Gasteiger partial charge on any atom is 4.00 e. The molecule has 0 saturated heterocycles. The van der Waals surface area contributed by atoms with Gasteiger partial charge in [-0.1, -0.05) is 80.4 Å². The average Bonchev–Trinajstić information content (AvgIpc) is 3.00. The van der Waals surface area contributed by atoms with Crippen LogP contribution in [0.5, 0.6) is 0 Å². The molecule has 0 nitrogen and oxygen atoms in total. The summed E-state index contributed by atoms with van der Waals surface area (Å²) in [7, 11) is -2.62. The van der Waals surface area contributed by atoms with Crippen molar-refractivity contribution in [3.63, 3.8) is 0 Å². The van der Waals surface area contributed by atoms with Crippen molar-refractivity contribution in [1.82, 2.24) is 0 Å². The van der Waals surface area contributed by atoms with Crippen molar-refractivity contribution in [2.45, 2.75) is 74.3 Å². The summed E-state index contributed by atoms with van der Waals surface area (Å²) < 4.78 is 0. The second-order valence-corrected chi connectivity index (χ2v) is 14.9. The minimum absolute atomic E-state index is 0. The van der Waals surface area contributed by atoms with E-state index in [9.17, 15) is 0 Å². The van der Waals surface area contributed by atoms with Crippen LogP contribution in [0.4, 0.5) is 0 Å². The van der Waals surface area contributed by atoms with Crippen LogP contribution in [0, 0.1) is 47.6 Å². The molecule has 0 heterocycles. The molecule has 5 heteroatoms. The van der Waals surface area contributed by atoms with Crippen molar-refractivity contribution in [3.05, 3.63) is 111 Å².